The number of anilines is 2. The summed E-state index contributed by atoms with van der Waals surface area (Å²) in [6.45, 7) is -0.961. The van der Waals surface area contributed by atoms with Crippen molar-refractivity contribution >= 4 is 40.8 Å². The quantitative estimate of drug-likeness (QED) is 0.139. The lowest BCUT2D eigenvalue weighted by Crippen LogP contribution is -2.54. The van der Waals surface area contributed by atoms with Gasteiger partial charge < -0.3 is 41.3 Å². The number of nitrogens with one attached hydrogen (secondary N) is 2. The zero-order chi connectivity index (χ0) is 40.9. The fourth-order valence-electron chi connectivity index (χ4n) is 10.1. The van der Waals surface area contributed by atoms with Crippen molar-refractivity contribution in [1.82, 2.24) is 10.3 Å². The Balaban J connectivity index is 0.000000365. The van der Waals surface area contributed by atoms with Crippen molar-refractivity contribution in [1.29, 1.82) is 0 Å². The first-order valence-electron chi connectivity index (χ1n) is 20.2. The molecule has 15 heteroatoms. The number of carbonyl (C=O) groups excluding carboxylic acids is 3. The van der Waals surface area contributed by atoms with Crippen LogP contribution in [-0.2, 0) is 9.59 Å². The van der Waals surface area contributed by atoms with Crippen molar-refractivity contribution in [3.63, 3.8) is 0 Å². The Labute approximate surface area is 332 Å². The van der Waals surface area contributed by atoms with E-state index in [0.29, 0.717) is 29.1 Å². The molecule has 8 N–H and O–H groups in total. The van der Waals surface area contributed by atoms with Gasteiger partial charge in [-0.15, -0.1) is 0 Å². The third-order valence-corrected chi connectivity index (χ3v) is 12.5. The molecule has 310 valence electrons. The number of nitrogens with zero attached hydrogens (tertiary/aromatic N) is 3. The van der Waals surface area contributed by atoms with Crippen LogP contribution in [-0.4, -0.2) is 123 Å². The number of Topliss-reactive ketones (excluding diaryl/α,β-unsaturated/α-hetero) is 1. The molecule has 0 spiro atoms. The number of fused-ring (bicyclic) bond motifs is 1. The van der Waals surface area contributed by atoms with Crippen LogP contribution >= 0.6 is 0 Å². The van der Waals surface area contributed by atoms with E-state index in [1.165, 1.54) is 36.4 Å². The van der Waals surface area contributed by atoms with Crippen molar-refractivity contribution in [2.24, 2.45) is 34.2 Å². The zero-order valence-corrected chi connectivity index (χ0v) is 32.5. The van der Waals surface area contributed by atoms with E-state index in [2.05, 4.69) is 10.6 Å². The maximum Gasteiger partial charge on any atom is 0.345 e. The van der Waals surface area contributed by atoms with Crippen LogP contribution in [0.1, 0.15) is 86.6 Å². The van der Waals surface area contributed by atoms with Gasteiger partial charge in [0.1, 0.15) is 24.9 Å². The van der Waals surface area contributed by atoms with Gasteiger partial charge in [-0.3, -0.25) is 14.5 Å². The molecule has 5 fully saturated rings. The molecule has 4 bridgehead atoms. The van der Waals surface area contributed by atoms with Gasteiger partial charge in [0.15, 0.2) is 5.78 Å². The lowest BCUT2D eigenvalue weighted by Gasteiger charge is -2.56. The van der Waals surface area contributed by atoms with Crippen LogP contribution < -0.4 is 15.5 Å². The van der Waals surface area contributed by atoms with Gasteiger partial charge >= 0.3 is 12.0 Å². The van der Waals surface area contributed by atoms with Gasteiger partial charge in [-0.25, -0.2) is 14.6 Å². The zero-order valence-electron chi connectivity index (χ0n) is 32.5. The van der Waals surface area contributed by atoms with Crippen LogP contribution in [0.15, 0.2) is 53.6 Å². The van der Waals surface area contributed by atoms with Crippen molar-refractivity contribution in [3.8, 4) is 0 Å². The van der Waals surface area contributed by atoms with E-state index in [-0.39, 0.29) is 42.3 Å². The first kappa shape index (κ1) is 42.4. The standard InChI is InChI=1S/C35H40N4O5.C7H17NO5/c40-30(35-17-22-13-23(18-35)15-24(14-22)19-35)20-38-29-12-5-4-11-28(29)32(25-7-2-1-3-8-25)37-39(34(38)44)21-31(41)36-27-10-6-9-26(16-27)33(42)43;1-8-2-4(10)6(12)7(13)5(11)3-9/h4-6,9-12,16,22-25H,1-3,7-8,13-15,17-21H2,(H,36,41)(H,42,43);4-13H,2-3H2,1H3/t;4-,5+,6+,7+/m.0/s1. The molecule has 1 aliphatic heterocycles. The van der Waals surface area contributed by atoms with E-state index in [4.69, 9.17) is 25.5 Å². The van der Waals surface area contributed by atoms with Crippen molar-refractivity contribution in [2.45, 2.75) is 95.0 Å². The molecule has 5 saturated carbocycles. The number of aliphatic hydroxyl groups excluding tert-OH is 5. The van der Waals surface area contributed by atoms with Gasteiger partial charge in [0.25, 0.3) is 0 Å². The average Bonchev–Trinajstić information content (AvgIpc) is 3.31. The highest BCUT2D eigenvalue weighted by Gasteiger charge is 2.55. The lowest BCUT2D eigenvalue weighted by atomic mass is 9.48. The minimum absolute atomic E-state index is 0.0335. The van der Waals surface area contributed by atoms with Gasteiger partial charge in [-0.2, -0.15) is 5.10 Å². The Morgan fingerprint density at radius 1 is 0.860 bits per heavy atom. The number of carbonyl (C=O) groups is 4. The van der Waals surface area contributed by atoms with E-state index in [9.17, 15) is 29.4 Å². The Hall–Kier alpha value is -4.25. The van der Waals surface area contributed by atoms with Crippen LogP contribution in [0.3, 0.4) is 0 Å². The summed E-state index contributed by atoms with van der Waals surface area (Å²) in [5, 5.41) is 65.7. The molecule has 0 unspecified atom stereocenters. The molecule has 6 aliphatic rings. The first-order chi connectivity index (χ1) is 27.3. The number of urea groups is 1. The number of amides is 3. The minimum atomic E-state index is -1.55. The molecular weight excluding hydrogens is 734 g/mol. The second-order valence-electron chi connectivity index (χ2n) is 16.7. The fourth-order valence-corrected chi connectivity index (χ4v) is 10.1. The summed E-state index contributed by atoms with van der Waals surface area (Å²) in [5.74, 6) is 0.522. The molecule has 57 heavy (non-hydrogen) atoms. The fraction of sp³-hybridized carbons (Fsp3) is 0.595. The number of para-hydroxylation sites is 1. The van der Waals surface area contributed by atoms with Crippen LogP contribution in [0.2, 0.25) is 0 Å². The topological polar surface area (TPSA) is 233 Å². The monoisotopic (exact) mass is 791 g/mol. The Morgan fingerprint density at radius 3 is 2.11 bits per heavy atom. The largest absolute Gasteiger partial charge is 0.478 e. The van der Waals surface area contributed by atoms with Crippen molar-refractivity contribution in [3.05, 3.63) is 59.7 Å². The van der Waals surface area contributed by atoms with Crippen LogP contribution in [0, 0.1) is 29.1 Å². The number of hydrogen-bond donors (Lipinski definition) is 8. The van der Waals surface area contributed by atoms with Gasteiger partial charge in [-0.05, 0) is 100 Å². The summed E-state index contributed by atoms with van der Waals surface area (Å²) >= 11 is 0. The normalized spacial score (nSPS) is 26.2. The first-order valence-corrected chi connectivity index (χ1v) is 20.2. The molecule has 2 aromatic carbocycles. The number of carboxylic acid groups (broad SMARTS) is 1. The number of hydrazone groups is 1. The number of aromatic carboxylic acids is 1. The predicted molar refractivity (Wildman–Crippen MR) is 212 cm³/mol. The number of ketones is 1. The summed E-state index contributed by atoms with van der Waals surface area (Å²) in [5.41, 5.74) is 2.33. The van der Waals surface area contributed by atoms with E-state index in [1.807, 2.05) is 24.3 Å². The average molecular weight is 792 g/mol. The molecule has 0 aromatic heterocycles. The summed E-state index contributed by atoms with van der Waals surface area (Å²) in [7, 11) is 1.57. The van der Waals surface area contributed by atoms with Gasteiger partial charge in [0.05, 0.1) is 36.2 Å². The van der Waals surface area contributed by atoms with E-state index in [0.717, 1.165) is 62.6 Å². The van der Waals surface area contributed by atoms with Crippen molar-refractivity contribution < 1.29 is 49.8 Å². The Morgan fingerprint density at radius 2 is 1.49 bits per heavy atom. The van der Waals surface area contributed by atoms with Gasteiger partial charge in [0.2, 0.25) is 5.91 Å². The minimum Gasteiger partial charge on any atom is -0.478 e. The maximum atomic E-state index is 14.4. The summed E-state index contributed by atoms with van der Waals surface area (Å²) in [6.07, 6.45) is 6.04. The number of benzene rings is 2. The number of likely N-dealkylation sites (N-methyl/N-ethyl adjacent to an activating group) is 1. The van der Waals surface area contributed by atoms with E-state index >= 15 is 0 Å². The number of rotatable bonds is 14. The third-order valence-electron chi connectivity index (χ3n) is 12.5. The smallest absolute Gasteiger partial charge is 0.345 e. The summed E-state index contributed by atoms with van der Waals surface area (Å²) in [6, 6.07) is 13.2. The molecule has 3 amide bonds. The number of carboxylic acids is 1. The molecule has 0 saturated heterocycles. The summed E-state index contributed by atoms with van der Waals surface area (Å²) in [4.78, 5) is 55.0. The molecule has 4 atom stereocenters. The van der Waals surface area contributed by atoms with Crippen LogP contribution in [0.5, 0.6) is 0 Å². The number of aliphatic hydroxyl groups is 5. The van der Waals surface area contributed by atoms with Crippen LogP contribution in [0.25, 0.3) is 0 Å². The van der Waals surface area contributed by atoms with Crippen LogP contribution in [0.4, 0.5) is 16.2 Å². The predicted octanol–water partition coefficient (Wildman–Crippen LogP) is 2.98. The Bertz CT molecular complexity index is 1760. The van der Waals surface area contributed by atoms with E-state index < -0.39 is 48.9 Å². The molecule has 2 aromatic rings. The van der Waals surface area contributed by atoms with Gasteiger partial charge in [0, 0.05) is 29.1 Å². The SMILES string of the molecule is CNC[C@H](O)[C@@H](O)[C@H](O)[C@H](O)CO.O=C(CN1N=C(C2CCCCC2)c2ccccc2N(CC(=O)C23CC4CC(CC(C4)C2)C3)C1=O)Nc1cccc(C(=O)O)c1. The van der Waals surface area contributed by atoms with Crippen molar-refractivity contribution in [2.75, 3.05) is 43.5 Å². The molecular formula is C42H57N5O10. The lowest BCUT2D eigenvalue weighted by molar-refractivity contribution is -0.142. The Kier molecular flexibility index (Phi) is 13.8. The highest BCUT2D eigenvalue weighted by atomic mass is 16.4. The molecule has 15 nitrogen and oxygen atoms in total. The third kappa shape index (κ3) is 9.73. The highest BCUT2D eigenvalue weighted by molar-refractivity contribution is 6.13. The van der Waals surface area contributed by atoms with E-state index in [1.54, 1.807) is 24.1 Å². The van der Waals surface area contributed by atoms with Gasteiger partial charge in [-0.1, -0.05) is 43.5 Å². The molecule has 8 rings (SSSR count). The molecule has 0 radical (unpaired) electrons. The maximum absolute atomic E-state index is 14.4. The highest BCUT2D eigenvalue weighted by Crippen LogP contribution is 2.60. The second kappa shape index (κ2) is 18.6. The molecule has 5 aliphatic carbocycles. The molecule has 1 heterocycles. The summed E-state index contributed by atoms with van der Waals surface area (Å²) < 4.78 is 0. The second-order valence-corrected chi connectivity index (χ2v) is 16.7. The number of hydrogen-bond acceptors (Lipinski definition) is 11.